The maximum Gasteiger partial charge on any atom is 0.164 e. The molecule has 0 radical (unpaired) electrons. The van der Waals surface area contributed by atoms with E-state index in [1.54, 1.807) is 0 Å². The highest BCUT2D eigenvalue weighted by atomic mass is 15.1. The maximum atomic E-state index is 5.15. The number of fused-ring (bicyclic) bond motifs is 21. The highest BCUT2D eigenvalue weighted by molar-refractivity contribution is 6.26. The van der Waals surface area contributed by atoms with Gasteiger partial charge in [-0.25, -0.2) is 29.9 Å². The van der Waals surface area contributed by atoms with Crippen molar-refractivity contribution in [3.05, 3.63) is 460 Å². The first-order valence-electron chi connectivity index (χ1n) is 44.6. The molecule has 1 aliphatic rings. The molecule has 10 nitrogen and oxygen atoms in total. The first kappa shape index (κ1) is 74.8. The molecule has 0 spiro atoms. The van der Waals surface area contributed by atoms with Gasteiger partial charge in [-0.15, -0.1) is 0 Å². The fourth-order valence-corrected chi connectivity index (χ4v) is 20.6. The van der Waals surface area contributed by atoms with E-state index in [0.29, 0.717) is 34.9 Å². The molecule has 27 rings (SSSR count). The van der Waals surface area contributed by atoms with E-state index in [-0.39, 0.29) is 0 Å². The molecule has 0 fully saturated rings. The molecule has 0 N–H and O–H groups in total. The molecule has 0 saturated heterocycles. The first-order valence-corrected chi connectivity index (χ1v) is 44.6. The Morgan fingerprint density at radius 1 is 0.145 bits per heavy atom. The van der Waals surface area contributed by atoms with Crippen LogP contribution in [0, 0.1) is 0 Å². The van der Waals surface area contributed by atoms with E-state index in [9.17, 15) is 0 Å². The summed E-state index contributed by atoms with van der Waals surface area (Å²) >= 11 is 0. The van der Waals surface area contributed by atoms with Gasteiger partial charge in [-0.3, -0.25) is 0 Å². The van der Waals surface area contributed by atoms with Gasteiger partial charge >= 0.3 is 0 Å². The van der Waals surface area contributed by atoms with Gasteiger partial charge in [-0.1, -0.05) is 328 Å². The Hall–Kier alpha value is -17.6. The topological polar surface area (TPSA) is 97.1 Å². The van der Waals surface area contributed by atoms with Crippen LogP contribution in [0.2, 0.25) is 0 Å². The summed E-state index contributed by atoms with van der Waals surface area (Å²) < 4.78 is 9.65. The highest BCUT2D eigenvalue weighted by Crippen LogP contribution is 2.49. The molecule has 6 aromatic heterocycles. The molecular formula is C121H76N10. The number of hydrogen-bond acceptors (Lipinski definition) is 6. The zero-order chi connectivity index (χ0) is 86.1. The average Bonchev–Trinajstić information content (AvgIpc) is 1.55. The van der Waals surface area contributed by atoms with Crippen LogP contribution in [0.25, 0.3) is 244 Å². The van der Waals surface area contributed by atoms with Gasteiger partial charge in [-0.2, -0.15) is 0 Å². The van der Waals surface area contributed by atoms with Crippen molar-refractivity contribution >= 4 is 120 Å². The van der Waals surface area contributed by atoms with E-state index >= 15 is 0 Å². The molecule has 610 valence electrons. The summed E-state index contributed by atoms with van der Waals surface area (Å²) in [6.45, 7) is 0. The fourth-order valence-electron chi connectivity index (χ4n) is 20.6. The van der Waals surface area contributed by atoms with Gasteiger partial charge in [0, 0.05) is 100.0 Å². The van der Waals surface area contributed by atoms with Crippen molar-refractivity contribution in [2.24, 2.45) is 0 Å². The Morgan fingerprint density at radius 2 is 0.420 bits per heavy atom. The molecule has 20 aromatic carbocycles. The second kappa shape index (κ2) is 30.6. The van der Waals surface area contributed by atoms with Crippen LogP contribution < -0.4 is 0 Å². The van der Waals surface area contributed by atoms with Gasteiger partial charge in [0.15, 0.2) is 34.9 Å². The molecule has 0 saturated carbocycles. The quantitative estimate of drug-likeness (QED) is 0.113. The minimum Gasteiger partial charge on any atom is -0.309 e. The summed E-state index contributed by atoms with van der Waals surface area (Å²) in [4.78, 5) is 30.3. The maximum absolute atomic E-state index is 5.15. The van der Waals surface area contributed by atoms with Crippen molar-refractivity contribution < 1.29 is 0 Å². The molecule has 0 atom stereocenters. The lowest BCUT2D eigenvalue weighted by Gasteiger charge is -2.15. The van der Waals surface area contributed by atoms with Crippen LogP contribution in [0.4, 0.5) is 0 Å². The normalized spacial score (nSPS) is 11.9. The number of nitrogens with zero attached hydrogens (tertiary/aromatic N) is 10. The Balaban J connectivity index is 0.000000138. The van der Waals surface area contributed by atoms with E-state index < -0.39 is 0 Å². The smallest absolute Gasteiger partial charge is 0.164 e. The van der Waals surface area contributed by atoms with Gasteiger partial charge in [0.1, 0.15) is 0 Å². The molecule has 0 amide bonds. The SMILES string of the molecule is c1ccc(-c2nc(-c3ccccc3)nc(-c3ccc4c5ccc(-n6c7ccccc7c7cc(-c8ccc9c(c8)c8ccccc8n9-c8ccccc8)ccc76)cc5c5ccccc5c4c3)n2)cc1.c1ccc(-c2nc(-c3ccccc3)nc(-c3cccc4c3Cc3c-4cccc3-n3c4ccccc4c4cc(-c5ccc6c(c5)c5ccccc5n6-c5ccccc5)ccc43)n2)cc1. The van der Waals surface area contributed by atoms with Crippen molar-refractivity contribution in [1.82, 2.24) is 48.2 Å². The molecule has 0 bridgehead atoms. The lowest BCUT2D eigenvalue weighted by molar-refractivity contribution is 1.06. The molecule has 1 aliphatic carbocycles. The van der Waals surface area contributed by atoms with Crippen molar-refractivity contribution in [3.8, 4) is 124 Å². The van der Waals surface area contributed by atoms with Crippen LogP contribution >= 0.6 is 0 Å². The van der Waals surface area contributed by atoms with E-state index in [4.69, 9.17) is 29.9 Å². The second-order valence-corrected chi connectivity index (χ2v) is 33.9. The number of rotatable bonds is 12. The molecule has 10 heteroatoms. The van der Waals surface area contributed by atoms with Crippen LogP contribution in [0.15, 0.2) is 449 Å². The summed E-state index contributed by atoms with van der Waals surface area (Å²) in [5.41, 5.74) is 29.8. The van der Waals surface area contributed by atoms with Crippen LogP contribution in [-0.4, -0.2) is 48.2 Å². The highest BCUT2D eigenvalue weighted by Gasteiger charge is 2.29. The summed E-state index contributed by atoms with van der Waals surface area (Å²) in [6.07, 6.45) is 0.757. The van der Waals surface area contributed by atoms with Gasteiger partial charge in [0.2, 0.25) is 0 Å². The largest absolute Gasteiger partial charge is 0.309 e. The number of benzene rings is 20. The van der Waals surface area contributed by atoms with Crippen LogP contribution in [0.5, 0.6) is 0 Å². The number of hydrogen-bond donors (Lipinski definition) is 0. The molecule has 131 heavy (non-hydrogen) atoms. The Morgan fingerprint density at radius 3 is 0.832 bits per heavy atom. The van der Waals surface area contributed by atoms with Crippen molar-refractivity contribution in [2.75, 3.05) is 0 Å². The Bertz CT molecular complexity index is 8980. The summed E-state index contributed by atoms with van der Waals surface area (Å²) in [6, 6.07) is 161. The van der Waals surface area contributed by atoms with E-state index in [1.165, 1.54) is 164 Å². The predicted molar refractivity (Wildman–Crippen MR) is 541 cm³/mol. The third-order valence-electron chi connectivity index (χ3n) is 26.6. The third kappa shape index (κ3) is 12.5. The van der Waals surface area contributed by atoms with E-state index in [2.05, 4.69) is 370 Å². The van der Waals surface area contributed by atoms with Crippen LogP contribution in [0.1, 0.15) is 11.1 Å². The number of aromatic nitrogens is 10. The monoisotopic (exact) mass is 1670 g/mol. The van der Waals surface area contributed by atoms with E-state index in [1.807, 2.05) is 97.1 Å². The van der Waals surface area contributed by atoms with Gasteiger partial charge < -0.3 is 18.3 Å². The zero-order valence-corrected chi connectivity index (χ0v) is 70.9. The molecule has 26 aromatic rings. The molecular weight excluding hydrogens is 1590 g/mol. The predicted octanol–water partition coefficient (Wildman–Crippen LogP) is 30.5. The lowest BCUT2D eigenvalue weighted by Crippen LogP contribution is -2.02. The fraction of sp³-hybridized carbons (Fsp3) is 0.00826. The summed E-state index contributed by atoms with van der Waals surface area (Å²) in [5.74, 6) is 3.95. The van der Waals surface area contributed by atoms with Crippen LogP contribution in [0.3, 0.4) is 0 Å². The van der Waals surface area contributed by atoms with Gasteiger partial charge in [0.25, 0.3) is 0 Å². The molecule has 0 aliphatic heterocycles. The molecule has 0 unspecified atom stereocenters. The molecule has 6 heterocycles. The Kier molecular flexibility index (Phi) is 17.5. The van der Waals surface area contributed by atoms with Crippen molar-refractivity contribution in [2.45, 2.75) is 6.42 Å². The standard InChI is InChI=1S/C63H39N5.C58H37N5/c1-4-16-40(17-5-1)61-64-62(41-18-6-2-7-19-41)66-63(65-61)44-28-32-49-50-33-31-46(39-54(50)48-23-11-10-22-47(48)53(49)38-44)68-58-27-15-13-25-52(58)56-37-43(30-35-60(56)68)42-29-34-59-55(36-42)51-24-12-14-26-57(51)67(59)45-20-8-3-9-21-45;1-4-16-37(17-5-1)56-59-57(38-18-6-2-7-19-38)61-58(60-56)46-26-14-24-42-43-25-15-29-53(50(43)36-47(42)46)63-52-28-13-11-23-45(52)49-35-40(31-33-55(49)63)39-30-32-54-48(34-39)44-22-10-12-27-51(44)62(54)41-20-8-3-9-21-41/h1-39H;1-35H,36H2. The lowest BCUT2D eigenvalue weighted by atomic mass is 9.93. The van der Waals surface area contributed by atoms with Crippen LogP contribution in [-0.2, 0) is 6.42 Å². The minimum absolute atomic E-state index is 0.643. The average molecular weight is 1670 g/mol. The second-order valence-electron chi connectivity index (χ2n) is 33.9. The first-order chi connectivity index (χ1) is 65.0. The minimum atomic E-state index is 0.643. The van der Waals surface area contributed by atoms with Crippen molar-refractivity contribution in [1.29, 1.82) is 0 Å². The Labute approximate surface area is 753 Å². The van der Waals surface area contributed by atoms with Gasteiger partial charge in [-0.05, 0) is 198 Å². The van der Waals surface area contributed by atoms with Crippen molar-refractivity contribution in [3.63, 3.8) is 0 Å². The summed E-state index contributed by atoms with van der Waals surface area (Å²) in [7, 11) is 0. The zero-order valence-electron chi connectivity index (χ0n) is 70.9. The summed E-state index contributed by atoms with van der Waals surface area (Å²) in [5, 5.41) is 17.1. The number of para-hydroxylation sites is 6. The third-order valence-corrected chi connectivity index (χ3v) is 26.6. The van der Waals surface area contributed by atoms with E-state index in [0.717, 1.165) is 62.2 Å². The van der Waals surface area contributed by atoms with Gasteiger partial charge in [0.05, 0.1) is 49.8 Å².